The van der Waals surface area contributed by atoms with E-state index < -0.39 is 0 Å². The van der Waals surface area contributed by atoms with Gasteiger partial charge in [0.15, 0.2) is 0 Å². The van der Waals surface area contributed by atoms with Crippen molar-refractivity contribution in [2.45, 2.75) is 6.54 Å². The highest BCUT2D eigenvalue weighted by Gasteiger charge is 2.02. The Balaban J connectivity index is 2.09. The number of rotatable bonds is 3. The van der Waals surface area contributed by atoms with Gasteiger partial charge in [0.2, 0.25) is 0 Å². The van der Waals surface area contributed by atoms with Crippen molar-refractivity contribution in [2.75, 3.05) is 5.32 Å². The molecule has 2 aromatic rings. The molecule has 0 atom stereocenters. The first-order valence-electron chi connectivity index (χ1n) is 5.08. The van der Waals surface area contributed by atoms with Gasteiger partial charge in [-0.3, -0.25) is 0 Å². The van der Waals surface area contributed by atoms with Gasteiger partial charge < -0.3 is 5.32 Å². The summed E-state index contributed by atoms with van der Waals surface area (Å²) in [4.78, 5) is 0. The highest BCUT2D eigenvalue weighted by Crippen LogP contribution is 2.17. The SMILES string of the molecule is Fc1cccc(NCc2cc(Br)ccc2F)c1. The first kappa shape index (κ1) is 12.0. The van der Waals surface area contributed by atoms with Gasteiger partial charge in [0, 0.05) is 22.3 Å². The Kier molecular flexibility index (Phi) is 3.74. The van der Waals surface area contributed by atoms with E-state index in [1.165, 1.54) is 18.2 Å². The molecule has 0 aliphatic heterocycles. The molecule has 0 aromatic heterocycles. The fraction of sp³-hybridized carbons (Fsp3) is 0.0769. The minimum absolute atomic E-state index is 0.280. The Morgan fingerprint density at radius 1 is 1.06 bits per heavy atom. The molecule has 0 aliphatic rings. The standard InChI is InChI=1S/C13H10BrF2N/c14-10-4-5-13(16)9(6-10)8-17-12-3-1-2-11(15)7-12/h1-7,17H,8H2. The van der Waals surface area contributed by atoms with Gasteiger partial charge in [-0.05, 0) is 36.4 Å². The summed E-state index contributed by atoms with van der Waals surface area (Å²) in [7, 11) is 0. The average molecular weight is 298 g/mol. The van der Waals surface area contributed by atoms with E-state index in [-0.39, 0.29) is 11.6 Å². The second kappa shape index (κ2) is 5.27. The van der Waals surface area contributed by atoms with Crippen LogP contribution in [0.3, 0.4) is 0 Å². The third kappa shape index (κ3) is 3.27. The number of halogens is 3. The number of nitrogens with one attached hydrogen (secondary N) is 1. The molecule has 1 nitrogen and oxygen atoms in total. The van der Waals surface area contributed by atoms with E-state index >= 15 is 0 Å². The lowest BCUT2D eigenvalue weighted by atomic mass is 10.2. The lowest BCUT2D eigenvalue weighted by molar-refractivity contribution is 0.612. The largest absolute Gasteiger partial charge is 0.381 e. The van der Waals surface area contributed by atoms with E-state index in [2.05, 4.69) is 21.2 Å². The van der Waals surface area contributed by atoms with Crippen molar-refractivity contribution in [1.82, 2.24) is 0 Å². The predicted octanol–water partition coefficient (Wildman–Crippen LogP) is 4.34. The van der Waals surface area contributed by atoms with E-state index in [9.17, 15) is 8.78 Å². The highest BCUT2D eigenvalue weighted by molar-refractivity contribution is 9.10. The average Bonchev–Trinajstić information content (AvgIpc) is 2.30. The van der Waals surface area contributed by atoms with Gasteiger partial charge in [0.25, 0.3) is 0 Å². The summed E-state index contributed by atoms with van der Waals surface area (Å²) in [6.07, 6.45) is 0. The van der Waals surface area contributed by atoms with Crippen LogP contribution in [0, 0.1) is 11.6 Å². The molecule has 0 radical (unpaired) electrons. The zero-order valence-corrected chi connectivity index (χ0v) is 10.5. The third-order valence-electron chi connectivity index (χ3n) is 2.32. The molecule has 0 amide bonds. The molecule has 0 aliphatic carbocycles. The van der Waals surface area contributed by atoms with Crippen molar-refractivity contribution < 1.29 is 8.78 Å². The van der Waals surface area contributed by atoms with E-state index in [4.69, 9.17) is 0 Å². The maximum absolute atomic E-state index is 13.4. The summed E-state index contributed by atoms with van der Waals surface area (Å²) < 4.78 is 27.1. The molecule has 0 saturated heterocycles. The zero-order chi connectivity index (χ0) is 12.3. The van der Waals surface area contributed by atoms with Crippen LogP contribution < -0.4 is 5.32 Å². The Morgan fingerprint density at radius 2 is 1.88 bits per heavy atom. The molecule has 88 valence electrons. The van der Waals surface area contributed by atoms with Crippen molar-refractivity contribution >= 4 is 21.6 Å². The second-order valence-corrected chi connectivity index (χ2v) is 4.52. The first-order chi connectivity index (χ1) is 8.15. The molecule has 1 N–H and O–H groups in total. The van der Waals surface area contributed by atoms with Crippen LogP contribution in [0.25, 0.3) is 0 Å². The normalized spacial score (nSPS) is 10.3. The van der Waals surface area contributed by atoms with Crippen LogP contribution in [0.1, 0.15) is 5.56 Å². The highest BCUT2D eigenvalue weighted by atomic mass is 79.9. The van der Waals surface area contributed by atoms with Crippen LogP contribution in [0.2, 0.25) is 0 Å². The van der Waals surface area contributed by atoms with Crippen LogP contribution in [0.4, 0.5) is 14.5 Å². The van der Waals surface area contributed by atoms with Crippen LogP contribution in [0.5, 0.6) is 0 Å². The fourth-order valence-electron chi connectivity index (χ4n) is 1.47. The van der Waals surface area contributed by atoms with Crippen molar-refractivity contribution in [1.29, 1.82) is 0 Å². The van der Waals surface area contributed by atoms with E-state index in [0.717, 1.165) is 4.47 Å². The van der Waals surface area contributed by atoms with E-state index in [1.54, 1.807) is 24.3 Å². The molecular formula is C13H10BrF2N. The summed E-state index contributed by atoms with van der Waals surface area (Å²) in [6, 6.07) is 10.8. The molecule has 0 unspecified atom stereocenters. The summed E-state index contributed by atoms with van der Waals surface area (Å²) in [6.45, 7) is 0.314. The monoisotopic (exact) mass is 297 g/mol. The summed E-state index contributed by atoms with van der Waals surface area (Å²) in [5.41, 5.74) is 1.16. The molecule has 2 rings (SSSR count). The summed E-state index contributed by atoms with van der Waals surface area (Å²) in [5.74, 6) is -0.596. The van der Waals surface area contributed by atoms with E-state index in [0.29, 0.717) is 17.8 Å². The Labute approximate surface area is 107 Å². The van der Waals surface area contributed by atoms with Gasteiger partial charge in [-0.1, -0.05) is 22.0 Å². The minimum atomic E-state index is -0.315. The third-order valence-corrected chi connectivity index (χ3v) is 2.81. The topological polar surface area (TPSA) is 12.0 Å². The molecule has 0 heterocycles. The zero-order valence-electron chi connectivity index (χ0n) is 8.88. The van der Waals surface area contributed by atoms with Crippen molar-refractivity contribution in [2.24, 2.45) is 0 Å². The lowest BCUT2D eigenvalue weighted by Gasteiger charge is -2.07. The molecule has 4 heteroatoms. The molecular weight excluding hydrogens is 288 g/mol. The van der Waals surface area contributed by atoms with Crippen molar-refractivity contribution in [3.8, 4) is 0 Å². The molecule has 0 spiro atoms. The van der Waals surface area contributed by atoms with Gasteiger partial charge in [0.1, 0.15) is 11.6 Å². The minimum Gasteiger partial charge on any atom is -0.381 e. The predicted molar refractivity (Wildman–Crippen MR) is 67.8 cm³/mol. The second-order valence-electron chi connectivity index (χ2n) is 3.60. The molecule has 0 fully saturated rings. The molecule has 0 saturated carbocycles. The van der Waals surface area contributed by atoms with Crippen LogP contribution in [-0.4, -0.2) is 0 Å². The number of hydrogen-bond donors (Lipinski definition) is 1. The maximum atomic E-state index is 13.4. The summed E-state index contributed by atoms with van der Waals surface area (Å²) in [5, 5.41) is 2.97. The molecule has 17 heavy (non-hydrogen) atoms. The lowest BCUT2D eigenvalue weighted by Crippen LogP contribution is -2.01. The quantitative estimate of drug-likeness (QED) is 0.889. The number of hydrogen-bond acceptors (Lipinski definition) is 1. The fourth-order valence-corrected chi connectivity index (χ4v) is 1.88. The van der Waals surface area contributed by atoms with E-state index in [1.807, 2.05) is 0 Å². The van der Waals surface area contributed by atoms with Crippen LogP contribution in [-0.2, 0) is 6.54 Å². The van der Waals surface area contributed by atoms with Gasteiger partial charge in [-0.2, -0.15) is 0 Å². The molecule has 2 aromatic carbocycles. The van der Waals surface area contributed by atoms with Crippen LogP contribution in [0.15, 0.2) is 46.9 Å². The van der Waals surface area contributed by atoms with Crippen molar-refractivity contribution in [3.63, 3.8) is 0 Å². The van der Waals surface area contributed by atoms with Gasteiger partial charge in [0.05, 0.1) is 0 Å². The number of benzene rings is 2. The van der Waals surface area contributed by atoms with Gasteiger partial charge in [-0.25, -0.2) is 8.78 Å². The Bertz CT molecular complexity index is 529. The molecule has 0 bridgehead atoms. The van der Waals surface area contributed by atoms with Gasteiger partial charge in [-0.15, -0.1) is 0 Å². The number of anilines is 1. The Morgan fingerprint density at radius 3 is 2.65 bits per heavy atom. The first-order valence-corrected chi connectivity index (χ1v) is 5.88. The van der Waals surface area contributed by atoms with Gasteiger partial charge >= 0.3 is 0 Å². The van der Waals surface area contributed by atoms with Crippen LogP contribution >= 0.6 is 15.9 Å². The Hall–Kier alpha value is -1.42. The smallest absolute Gasteiger partial charge is 0.128 e. The summed E-state index contributed by atoms with van der Waals surface area (Å²) >= 11 is 3.28. The van der Waals surface area contributed by atoms with Crippen molar-refractivity contribution in [3.05, 3.63) is 64.1 Å². The maximum Gasteiger partial charge on any atom is 0.128 e.